The summed E-state index contributed by atoms with van der Waals surface area (Å²) in [4.78, 5) is 5.38. The van der Waals surface area contributed by atoms with Crippen LogP contribution in [0.5, 0.6) is 10.9 Å². The number of nitrogens with zero attached hydrogens (tertiary/aromatic N) is 1. The fourth-order valence-electron chi connectivity index (χ4n) is 1.03. The number of ether oxygens (including phenoxy) is 1. The molecule has 0 radical (unpaired) electrons. The lowest BCUT2D eigenvalue weighted by Gasteiger charge is -2.01. The van der Waals surface area contributed by atoms with Gasteiger partial charge in [-0.25, -0.2) is 0 Å². The number of hydrogen-bond donors (Lipinski definition) is 0. The van der Waals surface area contributed by atoms with Crippen molar-refractivity contribution in [3.63, 3.8) is 0 Å². The molecule has 0 aliphatic carbocycles. The molecule has 0 atom stereocenters. The summed E-state index contributed by atoms with van der Waals surface area (Å²) in [6.07, 6.45) is 2.05. The summed E-state index contributed by atoms with van der Waals surface area (Å²) in [5, 5.41) is 2.55. The molecular weight excluding hydrogens is 294 g/mol. The number of halogens is 1. The number of thioether (sulfide) groups is 1. The van der Waals surface area contributed by atoms with Gasteiger partial charge in [0.05, 0.1) is 0 Å². The fraction of sp³-hybridized carbons (Fsp3) is 0.100. The van der Waals surface area contributed by atoms with Gasteiger partial charge in [-0.15, -0.1) is 11.8 Å². The molecule has 78 valence electrons. The second-order valence-corrected chi connectivity index (χ2v) is 5.23. The van der Waals surface area contributed by atoms with Crippen LogP contribution in [0.25, 0.3) is 0 Å². The summed E-state index contributed by atoms with van der Waals surface area (Å²) in [7, 11) is 0. The van der Waals surface area contributed by atoms with Crippen LogP contribution in [0, 0.1) is 0 Å². The fourth-order valence-corrected chi connectivity index (χ4v) is 2.54. The minimum atomic E-state index is 0.652. The van der Waals surface area contributed by atoms with Crippen molar-refractivity contribution in [3.05, 3.63) is 34.2 Å². The molecule has 1 heterocycles. The summed E-state index contributed by atoms with van der Waals surface area (Å²) in [6, 6.07) is 7.95. The van der Waals surface area contributed by atoms with E-state index in [1.54, 1.807) is 11.8 Å². The summed E-state index contributed by atoms with van der Waals surface area (Å²) in [5.41, 5.74) is 0. The van der Waals surface area contributed by atoms with Gasteiger partial charge in [0.15, 0.2) is 0 Å². The van der Waals surface area contributed by atoms with Crippen LogP contribution in [0.4, 0.5) is 0 Å². The summed E-state index contributed by atoms with van der Waals surface area (Å²) >= 11 is 6.47. The largest absolute Gasteiger partial charge is 0.431 e. The molecule has 0 saturated heterocycles. The van der Waals surface area contributed by atoms with E-state index in [-0.39, 0.29) is 0 Å². The lowest BCUT2D eigenvalue weighted by atomic mass is 10.3. The van der Waals surface area contributed by atoms with Crippen LogP contribution >= 0.6 is 39.0 Å². The van der Waals surface area contributed by atoms with E-state index in [0.717, 1.165) is 10.4 Å². The third-order valence-corrected chi connectivity index (χ3v) is 3.89. The Bertz CT molecular complexity index is 441. The summed E-state index contributed by atoms with van der Waals surface area (Å²) < 4.78 is 6.38. The monoisotopic (exact) mass is 301 g/mol. The standard InChI is InChI=1S/C10H8BrNOS2/c1-14-8-4-2-7(3-5-8)13-10-12-9(11)6-15-10/h2-6H,1H3. The van der Waals surface area contributed by atoms with E-state index in [4.69, 9.17) is 4.74 Å². The molecule has 0 aliphatic rings. The molecule has 0 saturated carbocycles. The third-order valence-electron chi connectivity index (χ3n) is 1.72. The molecule has 0 aliphatic heterocycles. The van der Waals surface area contributed by atoms with Crippen molar-refractivity contribution < 1.29 is 4.74 Å². The van der Waals surface area contributed by atoms with Crippen LogP contribution in [0.3, 0.4) is 0 Å². The minimum Gasteiger partial charge on any atom is -0.431 e. The van der Waals surface area contributed by atoms with Gasteiger partial charge in [0.2, 0.25) is 0 Å². The van der Waals surface area contributed by atoms with E-state index in [2.05, 4.69) is 20.9 Å². The number of benzene rings is 1. The van der Waals surface area contributed by atoms with Crippen molar-refractivity contribution in [2.45, 2.75) is 4.90 Å². The van der Waals surface area contributed by atoms with Crippen molar-refractivity contribution in [2.24, 2.45) is 0 Å². The van der Waals surface area contributed by atoms with Crippen LogP contribution in [0.15, 0.2) is 39.1 Å². The maximum atomic E-state index is 5.57. The molecule has 1 aromatic carbocycles. The highest BCUT2D eigenvalue weighted by atomic mass is 79.9. The van der Waals surface area contributed by atoms with Crippen molar-refractivity contribution in [1.29, 1.82) is 0 Å². The maximum Gasteiger partial charge on any atom is 0.279 e. The molecule has 0 bridgehead atoms. The van der Waals surface area contributed by atoms with E-state index in [9.17, 15) is 0 Å². The number of aromatic nitrogens is 1. The average Bonchev–Trinajstić information content (AvgIpc) is 2.65. The van der Waals surface area contributed by atoms with Gasteiger partial charge in [0, 0.05) is 10.3 Å². The van der Waals surface area contributed by atoms with Crippen LogP contribution < -0.4 is 4.74 Å². The number of hydrogen-bond acceptors (Lipinski definition) is 4. The molecule has 5 heteroatoms. The SMILES string of the molecule is CSc1ccc(Oc2nc(Br)cs2)cc1. The predicted molar refractivity (Wildman–Crippen MR) is 68.1 cm³/mol. The number of rotatable bonds is 3. The maximum absolute atomic E-state index is 5.57. The predicted octanol–water partition coefficient (Wildman–Crippen LogP) is 4.42. The molecule has 2 aromatic rings. The topological polar surface area (TPSA) is 22.1 Å². The van der Waals surface area contributed by atoms with E-state index < -0.39 is 0 Å². The summed E-state index contributed by atoms with van der Waals surface area (Å²) in [5.74, 6) is 0.814. The molecule has 0 amide bonds. The van der Waals surface area contributed by atoms with Gasteiger partial charge in [-0.05, 0) is 46.5 Å². The highest BCUT2D eigenvalue weighted by Crippen LogP contribution is 2.28. The van der Waals surface area contributed by atoms with E-state index in [0.29, 0.717) is 5.19 Å². The Kier molecular flexibility index (Phi) is 3.66. The molecule has 2 rings (SSSR count). The lowest BCUT2D eigenvalue weighted by molar-refractivity contribution is 0.477. The highest BCUT2D eigenvalue weighted by molar-refractivity contribution is 9.10. The van der Waals surface area contributed by atoms with Crippen molar-refractivity contribution in [2.75, 3.05) is 6.26 Å². The van der Waals surface area contributed by atoms with Crippen LogP contribution in [0.1, 0.15) is 0 Å². The van der Waals surface area contributed by atoms with Gasteiger partial charge in [0.1, 0.15) is 10.4 Å². The first-order valence-corrected chi connectivity index (χ1v) is 7.10. The van der Waals surface area contributed by atoms with E-state index >= 15 is 0 Å². The van der Waals surface area contributed by atoms with Crippen LogP contribution in [0.2, 0.25) is 0 Å². The van der Waals surface area contributed by atoms with Gasteiger partial charge in [0.25, 0.3) is 5.19 Å². The molecule has 15 heavy (non-hydrogen) atoms. The van der Waals surface area contributed by atoms with E-state index in [1.807, 2.05) is 35.9 Å². The van der Waals surface area contributed by atoms with E-state index in [1.165, 1.54) is 16.2 Å². The van der Waals surface area contributed by atoms with Crippen molar-refractivity contribution in [1.82, 2.24) is 4.98 Å². The van der Waals surface area contributed by atoms with Gasteiger partial charge >= 0.3 is 0 Å². The van der Waals surface area contributed by atoms with Crippen molar-refractivity contribution >= 4 is 39.0 Å². The molecule has 2 nitrogen and oxygen atoms in total. The van der Waals surface area contributed by atoms with Crippen molar-refractivity contribution in [3.8, 4) is 10.9 Å². The molecule has 0 N–H and O–H groups in total. The Morgan fingerprint density at radius 3 is 2.60 bits per heavy atom. The van der Waals surface area contributed by atoms with Crippen LogP contribution in [-0.2, 0) is 0 Å². The zero-order valence-electron chi connectivity index (χ0n) is 7.94. The second-order valence-electron chi connectivity index (χ2n) is 2.71. The summed E-state index contributed by atoms with van der Waals surface area (Å²) in [6.45, 7) is 0. The highest BCUT2D eigenvalue weighted by Gasteiger charge is 2.01. The number of thiazole rings is 1. The van der Waals surface area contributed by atoms with Gasteiger partial charge in [-0.2, -0.15) is 4.98 Å². The smallest absolute Gasteiger partial charge is 0.279 e. The zero-order chi connectivity index (χ0) is 10.7. The first-order valence-electron chi connectivity index (χ1n) is 4.21. The first-order chi connectivity index (χ1) is 7.28. The quantitative estimate of drug-likeness (QED) is 0.784. The average molecular weight is 302 g/mol. The van der Waals surface area contributed by atoms with Gasteiger partial charge in [-0.3, -0.25) is 0 Å². The Morgan fingerprint density at radius 2 is 2.07 bits per heavy atom. The van der Waals surface area contributed by atoms with Crippen LogP contribution in [-0.4, -0.2) is 11.2 Å². The minimum absolute atomic E-state index is 0.652. The Morgan fingerprint density at radius 1 is 1.33 bits per heavy atom. The molecular formula is C10H8BrNOS2. The Balaban J connectivity index is 2.11. The molecule has 0 fully saturated rings. The Labute approximate surface area is 105 Å². The van der Waals surface area contributed by atoms with Gasteiger partial charge in [-0.1, -0.05) is 11.3 Å². The zero-order valence-corrected chi connectivity index (χ0v) is 11.2. The molecule has 0 unspecified atom stereocenters. The molecule has 0 spiro atoms. The second kappa shape index (κ2) is 5.01. The third kappa shape index (κ3) is 2.96. The van der Waals surface area contributed by atoms with Gasteiger partial charge < -0.3 is 4.74 Å². The first kappa shape index (κ1) is 11.0. The normalized spacial score (nSPS) is 10.3. The molecule has 1 aromatic heterocycles. The lowest BCUT2D eigenvalue weighted by Crippen LogP contribution is -1.82. The Hall–Kier alpha value is -0.520.